The molecular weight excluding hydrogens is 186 g/mol. The van der Waals surface area contributed by atoms with E-state index in [1.807, 2.05) is 0 Å². The van der Waals surface area contributed by atoms with Crippen LogP contribution >= 0.6 is 0 Å². The molecule has 0 unspecified atom stereocenters. The van der Waals surface area contributed by atoms with Crippen molar-refractivity contribution in [2.24, 2.45) is 0 Å². The molecule has 6 nitrogen and oxygen atoms in total. The summed E-state index contributed by atoms with van der Waals surface area (Å²) in [7, 11) is 1.51. The van der Waals surface area contributed by atoms with E-state index < -0.39 is 5.97 Å². The maximum atomic E-state index is 10.5. The van der Waals surface area contributed by atoms with Gasteiger partial charge >= 0.3 is 12.0 Å². The summed E-state index contributed by atoms with van der Waals surface area (Å²) in [4.78, 5) is 10.5. The molecule has 14 heavy (non-hydrogen) atoms. The van der Waals surface area contributed by atoms with E-state index in [0.717, 1.165) is 12.8 Å². The molecule has 6 heteroatoms. The van der Waals surface area contributed by atoms with Crippen LogP contribution in [-0.2, 0) is 11.2 Å². The van der Waals surface area contributed by atoms with Crippen LogP contribution in [0.15, 0.2) is 0 Å². The number of methoxy groups -OCH3 is 1. The molecule has 0 aliphatic heterocycles. The molecule has 0 aromatic carbocycles. The Bertz CT molecular complexity index is 357. The molecule has 1 aliphatic rings. The van der Waals surface area contributed by atoms with Gasteiger partial charge in [-0.2, -0.15) is 0 Å². The van der Waals surface area contributed by atoms with Crippen LogP contribution in [0.25, 0.3) is 0 Å². The van der Waals surface area contributed by atoms with Gasteiger partial charge in [-0.1, -0.05) is 5.10 Å². The molecule has 1 saturated carbocycles. The van der Waals surface area contributed by atoms with Crippen molar-refractivity contribution >= 4 is 5.97 Å². The normalized spacial score (nSPS) is 15.5. The highest BCUT2D eigenvalue weighted by atomic mass is 16.5. The number of nitrogens with zero attached hydrogens (tertiary/aromatic N) is 3. The first kappa shape index (κ1) is 8.98. The third-order valence-corrected chi connectivity index (χ3v) is 2.14. The number of hydrogen-bond donors (Lipinski definition) is 1. The van der Waals surface area contributed by atoms with Crippen molar-refractivity contribution in [2.45, 2.75) is 25.3 Å². The van der Waals surface area contributed by atoms with Gasteiger partial charge in [0, 0.05) is 6.04 Å². The second-order valence-corrected chi connectivity index (χ2v) is 3.27. The third kappa shape index (κ3) is 1.55. The van der Waals surface area contributed by atoms with E-state index in [1.165, 1.54) is 7.11 Å². The maximum Gasteiger partial charge on any atom is 0.316 e. The molecule has 2 rings (SSSR count). The summed E-state index contributed by atoms with van der Waals surface area (Å²) in [5, 5.41) is 16.2. The van der Waals surface area contributed by atoms with Gasteiger partial charge in [-0.3, -0.25) is 9.36 Å². The standard InChI is InChI=1S/C8H11N3O3/c1-14-8-10-9-6(4-7(12)13)11(8)5-2-3-5/h5H,2-4H2,1H3,(H,12,13). The van der Waals surface area contributed by atoms with Gasteiger partial charge in [0.25, 0.3) is 0 Å². The second-order valence-electron chi connectivity index (χ2n) is 3.27. The van der Waals surface area contributed by atoms with E-state index in [9.17, 15) is 4.79 Å². The van der Waals surface area contributed by atoms with E-state index in [2.05, 4.69) is 10.2 Å². The number of hydrogen-bond acceptors (Lipinski definition) is 4. The zero-order valence-corrected chi connectivity index (χ0v) is 7.80. The van der Waals surface area contributed by atoms with Crippen LogP contribution < -0.4 is 4.74 Å². The predicted octanol–water partition coefficient (Wildman–Crippen LogP) is 0.249. The molecule has 0 radical (unpaired) electrons. The Labute approximate surface area is 80.5 Å². The maximum absolute atomic E-state index is 10.5. The molecule has 0 spiro atoms. The van der Waals surface area contributed by atoms with Gasteiger partial charge in [0.2, 0.25) is 0 Å². The molecular formula is C8H11N3O3. The first-order valence-corrected chi connectivity index (χ1v) is 4.42. The molecule has 1 aromatic rings. The van der Waals surface area contributed by atoms with Crippen molar-refractivity contribution in [1.29, 1.82) is 0 Å². The first-order valence-electron chi connectivity index (χ1n) is 4.42. The molecule has 0 saturated heterocycles. The summed E-state index contributed by atoms with van der Waals surface area (Å²) in [6.07, 6.45) is 1.98. The number of carboxylic acids is 1. The van der Waals surface area contributed by atoms with Crippen LogP contribution in [0.5, 0.6) is 6.01 Å². The van der Waals surface area contributed by atoms with Crippen LogP contribution in [0, 0.1) is 0 Å². The van der Waals surface area contributed by atoms with Gasteiger partial charge in [0.05, 0.1) is 7.11 Å². The molecule has 1 aliphatic carbocycles. The average Bonchev–Trinajstić information content (AvgIpc) is 2.88. The van der Waals surface area contributed by atoms with E-state index in [0.29, 0.717) is 17.9 Å². The molecule has 1 aromatic heterocycles. The number of aliphatic carboxylic acids is 1. The molecule has 0 bridgehead atoms. The summed E-state index contributed by atoms with van der Waals surface area (Å²) in [6, 6.07) is 0.734. The minimum absolute atomic E-state index is 0.104. The summed E-state index contributed by atoms with van der Waals surface area (Å²) in [6.45, 7) is 0. The third-order valence-electron chi connectivity index (χ3n) is 2.14. The van der Waals surface area contributed by atoms with Crippen molar-refractivity contribution in [3.63, 3.8) is 0 Å². The monoisotopic (exact) mass is 197 g/mol. The van der Waals surface area contributed by atoms with Gasteiger partial charge in [-0.25, -0.2) is 0 Å². The lowest BCUT2D eigenvalue weighted by Crippen LogP contribution is -2.09. The zero-order valence-electron chi connectivity index (χ0n) is 7.80. The zero-order chi connectivity index (χ0) is 10.1. The number of ether oxygens (including phenoxy) is 1. The Kier molecular flexibility index (Phi) is 2.11. The van der Waals surface area contributed by atoms with Crippen LogP contribution in [0.3, 0.4) is 0 Å². The van der Waals surface area contributed by atoms with Crippen molar-refractivity contribution in [3.8, 4) is 6.01 Å². The SMILES string of the molecule is COc1nnc(CC(=O)O)n1C1CC1. The fraction of sp³-hybridized carbons (Fsp3) is 0.625. The van der Waals surface area contributed by atoms with E-state index in [4.69, 9.17) is 9.84 Å². The van der Waals surface area contributed by atoms with E-state index >= 15 is 0 Å². The Morgan fingerprint density at radius 2 is 2.36 bits per heavy atom. The molecule has 0 amide bonds. The fourth-order valence-corrected chi connectivity index (χ4v) is 1.40. The highest BCUT2D eigenvalue weighted by Crippen LogP contribution is 2.38. The number of aromatic nitrogens is 3. The fourth-order valence-electron chi connectivity index (χ4n) is 1.40. The topological polar surface area (TPSA) is 77.2 Å². The molecule has 1 N–H and O–H groups in total. The lowest BCUT2D eigenvalue weighted by molar-refractivity contribution is -0.136. The first-order chi connectivity index (χ1) is 6.72. The van der Waals surface area contributed by atoms with Crippen molar-refractivity contribution in [3.05, 3.63) is 5.82 Å². The van der Waals surface area contributed by atoms with Crippen LogP contribution in [-0.4, -0.2) is 33.0 Å². The van der Waals surface area contributed by atoms with Crippen molar-refractivity contribution in [2.75, 3.05) is 7.11 Å². The summed E-state index contributed by atoms with van der Waals surface area (Å²) < 4.78 is 6.78. The Morgan fingerprint density at radius 1 is 1.64 bits per heavy atom. The minimum atomic E-state index is -0.901. The highest BCUT2D eigenvalue weighted by molar-refractivity contribution is 5.69. The highest BCUT2D eigenvalue weighted by Gasteiger charge is 2.30. The van der Waals surface area contributed by atoms with E-state index in [1.54, 1.807) is 4.57 Å². The van der Waals surface area contributed by atoms with Crippen molar-refractivity contribution in [1.82, 2.24) is 14.8 Å². The lowest BCUT2D eigenvalue weighted by Gasteiger charge is -2.05. The lowest BCUT2D eigenvalue weighted by atomic mass is 10.4. The largest absolute Gasteiger partial charge is 0.481 e. The van der Waals surface area contributed by atoms with Crippen molar-refractivity contribution < 1.29 is 14.6 Å². The number of carboxylic acid groups (broad SMARTS) is 1. The van der Waals surface area contributed by atoms with Crippen LogP contribution in [0.4, 0.5) is 0 Å². The van der Waals surface area contributed by atoms with Gasteiger partial charge < -0.3 is 9.84 Å². The molecule has 0 atom stereocenters. The molecule has 1 fully saturated rings. The van der Waals surface area contributed by atoms with Crippen LogP contribution in [0.2, 0.25) is 0 Å². The molecule has 76 valence electrons. The summed E-state index contributed by atoms with van der Waals surface area (Å²) in [5.74, 6) is -0.432. The smallest absolute Gasteiger partial charge is 0.316 e. The Hall–Kier alpha value is -1.59. The quantitative estimate of drug-likeness (QED) is 0.748. The number of rotatable bonds is 4. The van der Waals surface area contributed by atoms with Gasteiger partial charge in [0.15, 0.2) is 0 Å². The average molecular weight is 197 g/mol. The Morgan fingerprint density at radius 3 is 2.86 bits per heavy atom. The summed E-state index contributed by atoms with van der Waals surface area (Å²) in [5.41, 5.74) is 0. The minimum Gasteiger partial charge on any atom is -0.481 e. The van der Waals surface area contributed by atoms with Crippen LogP contribution in [0.1, 0.15) is 24.7 Å². The Balaban J connectivity index is 2.29. The molecule has 1 heterocycles. The van der Waals surface area contributed by atoms with Gasteiger partial charge in [0.1, 0.15) is 12.2 Å². The van der Waals surface area contributed by atoms with Gasteiger partial charge in [-0.05, 0) is 12.8 Å². The second kappa shape index (κ2) is 3.28. The number of carbonyl (C=O) groups is 1. The van der Waals surface area contributed by atoms with Gasteiger partial charge in [-0.15, -0.1) is 5.10 Å². The predicted molar refractivity (Wildman–Crippen MR) is 46.2 cm³/mol. The summed E-state index contributed by atoms with van der Waals surface area (Å²) >= 11 is 0. The van der Waals surface area contributed by atoms with E-state index in [-0.39, 0.29) is 6.42 Å².